The Kier molecular flexibility index (Phi) is 4.35. The van der Waals surface area contributed by atoms with Crippen LogP contribution in [0.25, 0.3) is 0 Å². The van der Waals surface area contributed by atoms with Gasteiger partial charge in [-0.15, -0.1) is 0 Å². The Bertz CT molecular complexity index is 526. The first kappa shape index (κ1) is 15.5. The average molecular weight is 289 g/mol. The molecule has 0 aromatic heterocycles. The highest BCUT2D eigenvalue weighted by Crippen LogP contribution is 2.39. The van der Waals surface area contributed by atoms with E-state index < -0.39 is 11.4 Å². The topological polar surface area (TPSA) is 57.6 Å². The SMILES string of the molecule is CC(C(=O)N1CCC(C(=O)O)(C(C)C)C1)c1ccccc1. The molecule has 4 nitrogen and oxygen atoms in total. The third-order valence-corrected chi connectivity index (χ3v) is 4.81. The predicted octanol–water partition coefficient (Wildman–Crippen LogP) is 2.75. The van der Waals surface area contributed by atoms with Gasteiger partial charge in [0.2, 0.25) is 5.91 Å². The fraction of sp³-hybridized carbons (Fsp3) is 0.529. The molecule has 1 aromatic carbocycles. The molecule has 4 heteroatoms. The summed E-state index contributed by atoms with van der Waals surface area (Å²) in [6.07, 6.45) is 0.535. The molecule has 2 rings (SSSR count). The van der Waals surface area contributed by atoms with Crippen LogP contribution in [0.4, 0.5) is 0 Å². The maximum absolute atomic E-state index is 12.6. The van der Waals surface area contributed by atoms with Crippen LogP contribution >= 0.6 is 0 Å². The van der Waals surface area contributed by atoms with Gasteiger partial charge in [-0.2, -0.15) is 0 Å². The monoisotopic (exact) mass is 289 g/mol. The number of carboxylic acid groups (broad SMARTS) is 1. The fourth-order valence-electron chi connectivity index (χ4n) is 3.07. The van der Waals surface area contributed by atoms with Crippen LogP contribution in [0.3, 0.4) is 0 Å². The normalized spacial score (nSPS) is 23.3. The Morgan fingerprint density at radius 3 is 2.29 bits per heavy atom. The highest BCUT2D eigenvalue weighted by molar-refractivity contribution is 5.85. The van der Waals surface area contributed by atoms with Crippen LogP contribution < -0.4 is 0 Å². The molecule has 0 aliphatic carbocycles. The van der Waals surface area contributed by atoms with Gasteiger partial charge in [0.25, 0.3) is 0 Å². The van der Waals surface area contributed by atoms with Gasteiger partial charge in [0.05, 0.1) is 11.3 Å². The highest BCUT2D eigenvalue weighted by atomic mass is 16.4. The van der Waals surface area contributed by atoms with Gasteiger partial charge in [0, 0.05) is 13.1 Å². The van der Waals surface area contributed by atoms with E-state index in [2.05, 4.69) is 0 Å². The smallest absolute Gasteiger partial charge is 0.311 e. The van der Waals surface area contributed by atoms with E-state index in [-0.39, 0.29) is 17.7 Å². The fourth-order valence-corrected chi connectivity index (χ4v) is 3.07. The third-order valence-electron chi connectivity index (χ3n) is 4.81. The summed E-state index contributed by atoms with van der Waals surface area (Å²) in [5, 5.41) is 9.55. The molecule has 1 heterocycles. The summed E-state index contributed by atoms with van der Waals surface area (Å²) in [5.74, 6) is -0.993. The van der Waals surface area contributed by atoms with Gasteiger partial charge in [-0.25, -0.2) is 0 Å². The number of carbonyl (C=O) groups is 2. The zero-order valence-corrected chi connectivity index (χ0v) is 12.9. The molecular weight excluding hydrogens is 266 g/mol. The number of benzene rings is 1. The molecule has 2 atom stereocenters. The largest absolute Gasteiger partial charge is 0.481 e. The highest BCUT2D eigenvalue weighted by Gasteiger charge is 2.48. The van der Waals surface area contributed by atoms with Crippen molar-refractivity contribution in [3.63, 3.8) is 0 Å². The van der Waals surface area contributed by atoms with Crippen molar-refractivity contribution in [3.8, 4) is 0 Å². The number of likely N-dealkylation sites (tertiary alicyclic amines) is 1. The molecule has 0 bridgehead atoms. The molecule has 0 saturated carbocycles. The summed E-state index contributed by atoms with van der Waals surface area (Å²) in [6.45, 7) is 6.57. The Labute approximate surface area is 125 Å². The first-order chi connectivity index (χ1) is 9.88. The van der Waals surface area contributed by atoms with E-state index >= 15 is 0 Å². The van der Waals surface area contributed by atoms with Crippen LogP contribution in [0.15, 0.2) is 30.3 Å². The van der Waals surface area contributed by atoms with Crippen molar-refractivity contribution in [2.75, 3.05) is 13.1 Å². The summed E-state index contributed by atoms with van der Waals surface area (Å²) in [6, 6.07) is 9.62. The lowest BCUT2D eigenvalue weighted by Gasteiger charge is -2.29. The van der Waals surface area contributed by atoms with E-state index in [1.807, 2.05) is 51.1 Å². The van der Waals surface area contributed by atoms with Crippen molar-refractivity contribution >= 4 is 11.9 Å². The first-order valence-corrected chi connectivity index (χ1v) is 7.45. The molecule has 1 aliphatic heterocycles. The quantitative estimate of drug-likeness (QED) is 0.927. The van der Waals surface area contributed by atoms with Crippen molar-refractivity contribution in [1.82, 2.24) is 4.90 Å². The first-order valence-electron chi connectivity index (χ1n) is 7.45. The molecule has 1 N–H and O–H groups in total. The minimum Gasteiger partial charge on any atom is -0.481 e. The lowest BCUT2D eigenvalue weighted by molar-refractivity contribution is -0.151. The lowest BCUT2D eigenvalue weighted by atomic mass is 9.76. The molecule has 0 radical (unpaired) electrons. The van der Waals surface area contributed by atoms with E-state index in [1.165, 1.54) is 0 Å². The molecule has 1 fully saturated rings. The van der Waals surface area contributed by atoms with Gasteiger partial charge in [0.15, 0.2) is 0 Å². The van der Waals surface area contributed by atoms with E-state index in [9.17, 15) is 14.7 Å². The van der Waals surface area contributed by atoms with Crippen molar-refractivity contribution in [2.24, 2.45) is 11.3 Å². The van der Waals surface area contributed by atoms with Crippen molar-refractivity contribution in [1.29, 1.82) is 0 Å². The number of hydrogen-bond donors (Lipinski definition) is 1. The summed E-state index contributed by atoms with van der Waals surface area (Å²) >= 11 is 0. The Balaban J connectivity index is 2.14. The van der Waals surface area contributed by atoms with Crippen LogP contribution in [-0.2, 0) is 9.59 Å². The summed E-state index contributed by atoms with van der Waals surface area (Å²) in [5.41, 5.74) is 0.173. The van der Waals surface area contributed by atoms with Gasteiger partial charge >= 0.3 is 5.97 Å². The number of rotatable bonds is 4. The Morgan fingerprint density at radius 1 is 1.19 bits per heavy atom. The minimum atomic E-state index is -0.800. The van der Waals surface area contributed by atoms with Gasteiger partial charge in [0.1, 0.15) is 0 Å². The molecule has 0 spiro atoms. The molecule has 2 unspecified atom stereocenters. The lowest BCUT2D eigenvalue weighted by Crippen LogP contribution is -2.41. The molecule has 21 heavy (non-hydrogen) atoms. The van der Waals surface area contributed by atoms with E-state index in [4.69, 9.17) is 0 Å². The summed E-state index contributed by atoms with van der Waals surface area (Å²) < 4.78 is 0. The second-order valence-electron chi connectivity index (χ2n) is 6.26. The van der Waals surface area contributed by atoms with Crippen LogP contribution in [0, 0.1) is 11.3 Å². The number of hydrogen-bond acceptors (Lipinski definition) is 2. The van der Waals surface area contributed by atoms with E-state index in [0.717, 1.165) is 5.56 Å². The minimum absolute atomic E-state index is 0.0137. The Morgan fingerprint density at radius 2 is 1.81 bits per heavy atom. The number of amides is 1. The predicted molar refractivity (Wildman–Crippen MR) is 81.0 cm³/mol. The summed E-state index contributed by atoms with van der Waals surface area (Å²) in [4.78, 5) is 26.0. The maximum Gasteiger partial charge on any atom is 0.311 e. The van der Waals surface area contributed by atoms with Crippen LogP contribution in [0.5, 0.6) is 0 Å². The molecular formula is C17H23NO3. The van der Waals surface area contributed by atoms with Crippen molar-refractivity contribution in [2.45, 2.75) is 33.1 Å². The van der Waals surface area contributed by atoms with Gasteiger partial charge in [-0.05, 0) is 24.8 Å². The number of carbonyl (C=O) groups excluding carboxylic acids is 1. The van der Waals surface area contributed by atoms with Crippen LogP contribution in [0.2, 0.25) is 0 Å². The average Bonchev–Trinajstić information content (AvgIpc) is 2.93. The van der Waals surface area contributed by atoms with E-state index in [1.54, 1.807) is 4.90 Å². The third kappa shape index (κ3) is 2.80. The zero-order valence-electron chi connectivity index (χ0n) is 12.9. The summed E-state index contributed by atoms with van der Waals surface area (Å²) in [7, 11) is 0. The van der Waals surface area contributed by atoms with Gasteiger partial charge in [-0.1, -0.05) is 44.2 Å². The molecule has 1 aliphatic rings. The number of carboxylic acids is 1. The van der Waals surface area contributed by atoms with Gasteiger partial charge in [-0.3, -0.25) is 9.59 Å². The van der Waals surface area contributed by atoms with Crippen LogP contribution in [0.1, 0.15) is 38.7 Å². The van der Waals surface area contributed by atoms with Crippen LogP contribution in [-0.4, -0.2) is 35.0 Å². The number of nitrogens with zero attached hydrogens (tertiary/aromatic N) is 1. The molecule has 1 saturated heterocycles. The maximum atomic E-state index is 12.6. The zero-order chi connectivity index (χ0) is 15.6. The Hall–Kier alpha value is -1.84. The van der Waals surface area contributed by atoms with Crippen molar-refractivity contribution in [3.05, 3.63) is 35.9 Å². The second kappa shape index (κ2) is 5.88. The van der Waals surface area contributed by atoms with E-state index in [0.29, 0.717) is 19.5 Å². The number of aliphatic carboxylic acids is 1. The molecule has 114 valence electrons. The van der Waals surface area contributed by atoms with Crippen molar-refractivity contribution < 1.29 is 14.7 Å². The second-order valence-corrected chi connectivity index (χ2v) is 6.26. The standard InChI is InChI=1S/C17H23NO3/c1-12(2)17(16(20)21)9-10-18(11-17)15(19)13(3)14-7-5-4-6-8-14/h4-8,12-13H,9-11H2,1-3H3,(H,20,21). The molecule has 1 aromatic rings. The van der Waals surface area contributed by atoms with Gasteiger partial charge < -0.3 is 10.0 Å². The molecule has 1 amide bonds.